The SMILES string of the molecule is CCn1cc(NC(=O)c2cc(F)ccc2O)cn1. The zero-order chi connectivity index (χ0) is 13.1. The number of carbonyl (C=O) groups is 1. The third-order valence-electron chi connectivity index (χ3n) is 2.42. The second kappa shape index (κ2) is 4.87. The van der Waals surface area contributed by atoms with E-state index >= 15 is 0 Å². The molecule has 1 aromatic heterocycles. The number of rotatable bonds is 3. The van der Waals surface area contributed by atoms with Gasteiger partial charge in [0.15, 0.2) is 0 Å². The fraction of sp³-hybridized carbons (Fsp3) is 0.167. The summed E-state index contributed by atoms with van der Waals surface area (Å²) in [4.78, 5) is 11.8. The van der Waals surface area contributed by atoms with Gasteiger partial charge in [-0.15, -0.1) is 0 Å². The minimum absolute atomic E-state index is 0.112. The molecule has 2 rings (SSSR count). The first-order valence-corrected chi connectivity index (χ1v) is 5.42. The lowest BCUT2D eigenvalue weighted by Crippen LogP contribution is -2.12. The maximum Gasteiger partial charge on any atom is 0.259 e. The van der Waals surface area contributed by atoms with Gasteiger partial charge in [-0.1, -0.05) is 0 Å². The van der Waals surface area contributed by atoms with Gasteiger partial charge in [0.05, 0.1) is 17.4 Å². The minimum atomic E-state index is -0.581. The number of carbonyl (C=O) groups excluding carboxylic acids is 1. The van der Waals surface area contributed by atoms with E-state index in [1.165, 1.54) is 6.20 Å². The summed E-state index contributed by atoms with van der Waals surface area (Å²) >= 11 is 0. The van der Waals surface area contributed by atoms with Crippen molar-refractivity contribution < 1.29 is 14.3 Å². The average Bonchev–Trinajstić information content (AvgIpc) is 2.80. The van der Waals surface area contributed by atoms with Crippen LogP contribution in [0.15, 0.2) is 30.6 Å². The number of nitrogens with zero attached hydrogens (tertiary/aromatic N) is 2. The summed E-state index contributed by atoms with van der Waals surface area (Å²) in [6, 6.07) is 3.20. The van der Waals surface area contributed by atoms with Crippen molar-refractivity contribution in [1.82, 2.24) is 9.78 Å². The zero-order valence-corrected chi connectivity index (χ0v) is 9.72. The van der Waals surface area contributed by atoms with Gasteiger partial charge >= 0.3 is 0 Å². The Balaban J connectivity index is 2.19. The molecule has 1 amide bonds. The van der Waals surface area contributed by atoms with E-state index in [1.54, 1.807) is 10.9 Å². The van der Waals surface area contributed by atoms with Crippen LogP contribution in [-0.4, -0.2) is 20.8 Å². The Hall–Kier alpha value is -2.37. The third-order valence-corrected chi connectivity index (χ3v) is 2.42. The number of hydrogen-bond acceptors (Lipinski definition) is 3. The molecule has 0 aliphatic carbocycles. The van der Waals surface area contributed by atoms with Crippen LogP contribution in [0.4, 0.5) is 10.1 Å². The maximum atomic E-state index is 13.0. The molecule has 0 aliphatic rings. The molecule has 2 N–H and O–H groups in total. The topological polar surface area (TPSA) is 67.2 Å². The van der Waals surface area contributed by atoms with Crippen LogP contribution in [0.25, 0.3) is 0 Å². The molecule has 1 heterocycles. The third kappa shape index (κ3) is 2.48. The molecular weight excluding hydrogens is 237 g/mol. The molecule has 6 heteroatoms. The second-order valence-electron chi connectivity index (χ2n) is 3.70. The van der Waals surface area contributed by atoms with Crippen LogP contribution < -0.4 is 5.32 Å². The average molecular weight is 249 g/mol. The normalized spacial score (nSPS) is 10.3. The Morgan fingerprint density at radius 1 is 1.56 bits per heavy atom. The van der Waals surface area contributed by atoms with E-state index in [1.807, 2.05) is 6.92 Å². The number of aromatic hydroxyl groups is 1. The monoisotopic (exact) mass is 249 g/mol. The molecule has 0 bridgehead atoms. The van der Waals surface area contributed by atoms with Crippen molar-refractivity contribution in [3.05, 3.63) is 42.0 Å². The van der Waals surface area contributed by atoms with E-state index in [2.05, 4.69) is 10.4 Å². The lowest BCUT2D eigenvalue weighted by molar-refractivity contribution is 0.102. The Labute approximate surface area is 103 Å². The Morgan fingerprint density at radius 2 is 2.33 bits per heavy atom. The largest absolute Gasteiger partial charge is 0.507 e. The van der Waals surface area contributed by atoms with Crippen molar-refractivity contribution in [1.29, 1.82) is 0 Å². The number of phenols is 1. The van der Waals surface area contributed by atoms with Gasteiger partial charge in [-0.25, -0.2) is 4.39 Å². The Morgan fingerprint density at radius 3 is 3.00 bits per heavy atom. The summed E-state index contributed by atoms with van der Waals surface area (Å²) in [7, 11) is 0. The Bertz CT molecular complexity index is 580. The van der Waals surface area contributed by atoms with Crippen molar-refractivity contribution in [2.75, 3.05) is 5.32 Å². The van der Waals surface area contributed by atoms with Gasteiger partial charge in [-0.05, 0) is 25.1 Å². The molecule has 0 fully saturated rings. The standard InChI is InChI=1S/C12H12FN3O2/c1-2-16-7-9(6-14-16)15-12(18)10-5-8(13)3-4-11(10)17/h3-7,17H,2H2,1H3,(H,15,18). The molecule has 0 spiro atoms. The molecule has 0 unspecified atom stereocenters. The van der Waals surface area contributed by atoms with Crippen LogP contribution in [-0.2, 0) is 6.54 Å². The smallest absolute Gasteiger partial charge is 0.259 e. The number of anilines is 1. The summed E-state index contributed by atoms with van der Waals surface area (Å²) in [6.07, 6.45) is 3.13. The summed E-state index contributed by atoms with van der Waals surface area (Å²) in [5, 5.41) is 16.0. The molecule has 0 saturated heterocycles. The quantitative estimate of drug-likeness (QED) is 0.874. The lowest BCUT2D eigenvalue weighted by Gasteiger charge is -2.04. The van der Waals surface area contributed by atoms with Gasteiger partial charge < -0.3 is 10.4 Å². The van der Waals surface area contributed by atoms with Gasteiger partial charge in [-0.3, -0.25) is 9.48 Å². The molecule has 5 nitrogen and oxygen atoms in total. The van der Waals surface area contributed by atoms with E-state index in [9.17, 15) is 14.3 Å². The molecule has 1 aromatic carbocycles. The first-order valence-electron chi connectivity index (χ1n) is 5.42. The predicted octanol–water partition coefficient (Wildman–Crippen LogP) is 2.00. The van der Waals surface area contributed by atoms with E-state index in [4.69, 9.17) is 0 Å². The molecule has 2 aromatic rings. The van der Waals surface area contributed by atoms with E-state index in [-0.39, 0.29) is 11.3 Å². The van der Waals surface area contributed by atoms with Crippen LogP contribution in [0.1, 0.15) is 17.3 Å². The molecular formula is C12H12FN3O2. The molecule has 94 valence electrons. The predicted molar refractivity (Wildman–Crippen MR) is 63.9 cm³/mol. The van der Waals surface area contributed by atoms with Gasteiger partial charge in [0.2, 0.25) is 0 Å². The number of amides is 1. The Kier molecular flexibility index (Phi) is 3.27. The summed E-state index contributed by atoms with van der Waals surface area (Å²) in [6.45, 7) is 2.60. The highest BCUT2D eigenvalue weighted by Crippen LogP contribution is 2.19. The highest BCUT2D eigenvalue weighted by molar-refractivity contribution is 6.05. The van der Waals surface area contributed by atoms with Crippen molar-refractivity contribution in [2.45, 2.75) is 13.5 Å². The molecule has 0 aliphatic heterocycles. The van der Waals surface area contributed by atoms with Crippen LogP contribution in [0.2, 0.25) is 0 Å². The van der Waals surface area contributed by atoms with Crippen LogP contribution in [0.3, 0.4) is 0 Å². The van der Waals surface area contributed by atoms with E-state index in [0.29, 0.717) is 12.2 Å². The number of halogens is 1. The molecule has 0 saturated carbocycles. The first-order chi connectivity index (χ1) is 8.60. The maximum absolute atomic E-state index is 13.0. The van der Waals surface area contributed by atoms with Crippen LogP contribution in [0, 0.1) is 5.82 Å². The zero-order valence-electron chi connectivity index (χ0n) is 9.72. The highest BCUT2D eigenvalue weighted by Gasteiger charge is 2.13. The van der Waals surface area contributed by atoms with Gasteiger partial charge in [0.25, 0.3) is 5.91 Å². The van der Waals surface area contributed by atoms with Crippen molar-refractivity contribution in [3.63, 3.8) is 0 Å². The summed E-state index contributed by atoms with van der Waals surface area (Å²) in [5.41, 5.74) is 0.379. The van der Waals surface area contributed by atoms with E-state index < -0.39 is 11.7 Å². The number of aromatic nitrogens is 2. The second-order valence-corrected chi connectivity index (χ2v) is 3.70. The molecule has 0 atom stereocenters. The number of phenolic OH excluding ortho intramolecular Hbond substituents is 1. The van der Waals surface area contributed by atoms with Crippen molar-refractivity contribution in [2.24, 2.45) is 0 Å². The fourth-order valence-corrected chi connectivity index (χ4v) is 1.49. The molecule has 18 heavy (non-hydrogen) atoms. The van der Waals surface area contributed by atoms with Crippen LogP contribution in [0.5, 0.6) is 5.75 Å². The summed E-state index contributed by atoms with van der Waals surface area (Å²) < 4.78 is 14.6. The summed E-state index contributed by atoms with van der Waals surface area (Å²) in [5.74, 6) is -1.43. The number of benzene rings is 1. The minimum Gasteiger partial charge on any atom is -0.507 e. The van der Waals surface area contributed by atoms with Gasteiger partial charge in [0.1, 0.15) is 11.6 Å². The lowest BCUT2D eigenvalue weighted by atomic mass is 10.2. The number of aryl methyl sites for hydroxylation is 1. The fourth-order valence-electron chi connectivity index (χ4n) is 1.49. The van der Waals surface area contributed by atoms with E-state index in [0.717, 1.165) is 18.2 Å². The van der Waals surface area contributed by atoms with Crippen molar-refractivity contribution >= 4 is 11.6 Å². The first kappa shape index (κ1) is 12.1. The molecule has 0 radical (unpaired) electrons. The van der Waals surface area contributed by atoms with Crippen LogP contribution >= 0.6 is 0 Å². The van der Waals surface area contributed by atoms with Crippen molar-refractivity contribution in [3.8, 4) is 5.75 Å². The van der Waals surface area contributed by atoms with Gasteiger partial charge in [-0.2, -0.15) is 5.10 Å². The number of nitrogens with one attached hydrogen (secondary N) is 1. The van der Waals surface area contributed by atoms with Gasteiger partial charge in [0, 0.05) is 12.7 Å². The number of hydrogen-bond donors (Lipinski definition) is 2. The highest BCUT2D eigenvalue weighted by atomic mass is 19.1.